The highest BCUT2D eigenvalue weighted by Crippen LogP contribution is 2.29. The molecule has 150 valence electrons. The normalized spacial score (nSPS) is 13.9. The number of hydrogen-bond acceptors (Lipinski definition) is 6. The molecule has 0 atom stereocenters. The van der Waals surface area contributed by atoms with Crippen LogP contribution in [0, 0.1) is 13.8 Å². The Balaban J connectivity index is 1.56. The van der Waals surface area contributed by atoms with Gasteiger partial charge in [-0.1, -0.05) is 23.4 Å². The summed E-state index contributed by atoms with van der Waals surface area (Å²) in [5.74, 6) is 1.50. The van der Waals surface area contributed by atoms with Gasteiger partial charge in [0, 0.05) is 49.9 Å². The van der Waals surface area contributed by atoms with Gasteiger partial charge in [0.25, 0.3) is 5.91 Å². The van der Waals surface area contributed by atoms with E-state index in [1.165, 1.54) is 5.69 Å². The molecule has 0 N–H and O–H groups in total. The number of thioether (sulfide) groups is 1. The maximum atomic E-state index is 13.4. The van der Waals surface area contributed by atoms with Crippen molar-refractivity contribution < 1.29 is 9.32 Å². The molecule has 1 amide bonds. The number of nitrogens with zero attached hydrogens (tertiary/aromatic N) is 4. The molecule has 0 spiro atoms. The molecule has 1 aliphatic rings. The fourth-order valence-corrected chi connectivity index (χ4v) is 4.69. The molecule has 0 unspecified atom stereocenters. The minimum atomic E-state index is 0.0180. The van der Waals surface area contributed by atoms with Gasteiger partial charge in [-0.15, -0.1) is 11.8 Å². The molecular formula is C22H24N4O2S. The molecule has 0 aliphatic carbocycles. The third kappa shape index (κ3) is 4.00. The summed E-state index contributed by atoms with van der Waals surface area (Å²) >= 11 is 1.55. The Morgan fingerprint density at radius 3 is 2.79 bits per heavy atom. The minimum Gasteiger partial charge on any atom is -0.373 e. The second kappa shape index (κ2) is 8.29. The first-order chi connectivity index (χ1) is 14.0. The van der Waals surface area contributed by atoms with Crippen molar-refractivity contribution in [3.05, 3.63) is 70.7 Å². The number of anilines is 1. The molecule has 6 nitrogen and oxygen atoms in total. The molecule has 1 aromatic carbocycles. The van der Waals surface area contributed by atoms with E-state index in [4.69, 9.17) is 4.52 Å². The SMILES string of the molecule is Cc1noc(C)c1CSc1ncccc1C(=O)N1CCN(C)c2ccccc2C1. The third-order valence-corrected chi connectivity index (χ3v) is 6.32. The second-order valence-electron chi connectivity index (χ2n) is 7.22. The first-order valence-electron chi connectivity index (χ1n) is 9.62. The molecule has 3 heterocycles. The number of likely N-dealkylation sites (N-methyl/N-ethyl adjacent to an activating group) is 1. The molecule has 3 aromatic rings. The van der Waals surface area contributed by atoms with E-state index in [-0.39, 0.29) is 5.91 Å². The molecule has 0 saturated heterocycles. The van der Waals surface area contributed by atoms with Crippen LogP contribution in [0.5, 0.6) is 0 Å². The summed E-state index contributed by atoms with van der Waals surface area (Å²) in [4.78, 5) is 22.0. The monoisotopic (exact) mass is 408 g/mol. The zero-order valence-electron chi connectivity index (χ0n) is 16.9. The first-order valence-corrected chi connectivity index (χ1v) is 10.6. The van der Waals surface area contributed by atoms with Crippen molar-refractivity contribution in [1.29, 1.82) is 0 Å². The van der Waals surface area contributed by atoms with E-state index in [0.717, 1.165) is 34.2 Å². The molecule has 4 rings (SSSR count). The summed E-state index contributed by atoms with van der Waals surface area (Å²) in [5, 5.41) is 4.75. The fraction of sp³-hybridized carbons (Fsp3) is 0.318. The molecular weight excluding hydrogens is 384 g/mol. The Morgan fingerprint density at radius 2 is 2.00 bits per heavy atom. The number of para-hydroxylation sites is 1. The van der Waals surface area contributed by atoms with Crippen LogP contribution in [0.25, 0.3) is 0 Å². The molecule has 7 heteroatoms. The molecule has 2 aromatic heterocycles. The van der Waals surface area contributed by atoms with Crippen molar-refractivity contribution in [2.24, 2.45) is 0 Å². The van der Waals surface area contributed by atoms with E-state index >= 15 is 0 Å². The van der Waals surface area contributed by atoms with Crippen molar-refractivity contribution >= 4 is 23.4 Å². The van der Waals surface area contributed by atoms with E-state index in [0.29, 0.717) is 24.4 Å². The number of rotatable bonds is 4. The summed E-state index contributed by atoms with van der Waals surface area (Å²) in [5.41, 5.74) is 4.93. The Bertz CT molecular complexity index is 1010. The van der Waals surface area contributed by atoms with Gasteiger partial charge in [0.1, 0.15) is 10.8 Å². The van der Waals surface area contributed by atoms with Crippen LogP contribution in [0.2, 0.25) is 0 Å². The molecule has 0 fully saturated rings. The van der Waals surface area contributed by atoms with Gasteiger partial charge < -0.3 is 14.3 Å². The minimum absolute atomic E-state index is 0.0180. The van der Waals surface area contributed by atoms with Gasteiger partial charge in [-0.05, 0) is 37.6 Å². The number of hydrogen-bond donors (Lipinski definition) is 0. The van der Waals surface area contributed by atoms with Crippen molar-refractivity contribution in [3.63, 3.8) is 0 Å². The number of aromatic nitrogens is 2. The molecule has 0 saturated carbocycles. The van der Waals surface area contributed by atoms with Crippen LogP contribution in [0.4, 0.5) is 5.69 Å². The Labute approximate surface area is 174 Å². The number of amides is 1. The van der Waals surface area contributed by atoms with Crippen molar-refractivity contribution in [3.8, 4) is 0 Å². The quantitative estimate of drug-likeness (QED) is 0.607. The van der Waals surface area contributed by atoms with Crippen LogP contribution in [0.3, 0.4) is 0 Å². The van der Waals surface area contributed by atoms with Crippen molar-refractivity contribution in [2.75, 3.05) is 25.0 Å². The van der Waals surface area contributed by atoms with E-state index in [9.17, 15) is 4.79 Å². The van der Waals surface area contributed by atoms with Gasteiger partial charge in [-0.25, -0.2) is 4.98 Å². The summed E-state index contributed by atoms with van der Waals surface area (Å²) in [6.45, 7) is 5.91. The predicted molar refractivity (Wildman–Crippen MR) is 114 cm³/mol. The summed E-state index contributed by atoms with van der Waals surface area (Å²) in [6.07, 6.45) is 1.73. The highest BCUT2D eigenvalue weighted by Gasteiger charge is 2.24. The fourth-order valence-electron chi connectivity index (χ4n) is 3.55. The van der Waals surface area contributed by atoms with Gasteiger partial charge in [-0.3, -0.25) is 4.79 Å². The largest absolute Gasteiger partial charge is 0.373 e. The lowest BCUT2D eigenvalue weighted by atomic mass is 10.1. The van der Waals surface area contributed by atoms with Gasteiger partial charge in [0.2, 0.25) is 0 Å². The number of carbonyl (C=O) groups excluding carboxylic acids is 1. The van der Waals surface area contributed by atoms with E-state index in [1.54, 1.807) is 18.0 Å². The van der Waals surface area contributed by atoms with Crippen LogP contribution >= 0.6 is 11.8 Å². The van der Waals surface area contributed by atoms with E-state index in [1.807, 2.05) is 43.0 Å². The van der Waals surface area contributed by atoms with Crippen LogP contribution in [0.1, 0.15) is 32.9 Å². The van der Waals surface area contributed by atoms with Gasteiger partial charge in [0.05, 0.1) is 11.3 Å². The zero-order valence-corrected chi connectivity index (χ0v) is 17.7. The number of carbonyl (C=O) groups is 1. The molecule has 0 radical (unpaired) electrons. The smallest absolute Gasteiger partial charge is 0.256 e. The standard InChI is InChI=1S/C22H24N4O2S/c1-15-19(16(2)28-24-15)14-29-21-18(8-6-10-23-21)22(27)26-12-11-25(3)20-9-5-4-7-17(20)13-26/h4-10H,11-14H2,1-3H3. The van der Waals surface area contributed by atoms with E-state index < -0.39 is 0 Å². The lowest BCUT2D eigenvalue weighted by molar-refractivity contribution is 0.0747. The Kier molecular flexibility index (Phi) is 5.58. The number of benzene rings is 1. The van der Waals surface area contributed by atoms with Crippen LogP contribution < -0.4 is 4.90 Å². The number of pyridine rings is 1. The predicted octanol–water partition coefficient (Wildman–Crippen LogP) is 4.07. The maximum absolute atomic E-state index is 13.4. The maximum Gasteiger partial charge on any atom is 0.256 e. The average Bonchev–Trinajstić information content (AvgIpc) is 2.96. The molecule has 1 aliphatic heterocycles. The van der Waals surface area contributed by atoms with Crippen molar-refractivity contribution in [1.82, 2.24) is 15.0 Å². The van der Waals surface area contributed by atoms with Crippen molar-refractivity contribution in [2.45, 2.75) is 31.2 Å². The van der Waals surface area contributed by atoms with Crippen LogP contribution in [-0.4, -0.2) is 41.1 Å². The highest BCUT2D eigenvalue weighted by atomic mass is 32.2. The topological polar surface area (TPSA) is 62.5 Å². The second-order valence-corrected chi connectivity index (χ2v) is 8.19. The molecule has 0 bridgehead atoms. The van der Waals surface area contributed by atoms with E-state index in [2.05, 4.69) is 34.2 Å². The zero-order chi connectivity index (χ0) is 20.4. The number of fused-ring (bicyclic) bond motifs is 1. The average molecular weight is 409 g/mol. The van der Waals surface area contributed by atoms with Crippen LogP contribution in [0.15, 0.2) is 52.1 Å². The first kappa shape index (κ1) is 19.5. The Morgan fingerprint density at radius 1 is 1.17 bits per heavy atom. The highest BCUT2D eigenvalue weighted by molar-refractivity contribution is 7.98. The third-order valence-electron chi connectivity index (χ3n) is 5.29. The van der Waals surface area contributed by atoms with Crippen LogP contribution in [-0.2, 0) is 12.3 Å². The van der Waals surface area contributed by atoms with Gasteiger partial charge in [0.15, 0.2) is 0 Å². The number of aryl methyl sites for hydroxylation is 2. The lowest BCUT2D eigenvalue weighted by Gasteiger charge is -2.22. The molecule has 29 heavy (non-hydrogen) atoms. The summed E-state index contributed by atoms with van der Waals surface area (Å²) in [7, 11) is 2.07. The van der Waals surface area contributed by atoms with Gasteiger partial charge in [-0.2, -0.15) is 0 Å². The van der Waals surface area contributed by atoms with Gasteiger partial charge >= 0.3 is 0 Å². The Hall–Kier alpha value is -2.80. The summed E-state index contributed by atoms with van der Waals surface area (Å²) in [6, 6.07) is 12.0. The summed E-state index contributed by atoms with van der Waals surface area (Å²) < 4.78 is 5.25. The lowest BCUT2D eigenvalue weighted by Crippen LogP contribution is -2.34.